The van der Waals surface area contributed by atoms with E-state index in [9.17, 15) is 4.79 Å². The van der Waals surface area contributed by atoms with Gasteiger partial charge in [0.25, 0.3) is 0 Å². The Hall–Kier alpha value is -1.25. The summed E-state index contributed by atoms with van der Waals surface area (Å²) in [5.74, 6) is -0.940. The van der Waals surface area contributed by atoms with Gasteiger partial charge in [-0.05, 0) is 25.5 Å². The average molecular weight is 160 g/mol. The molecule has 1 N–H and O–H groups in total. The number of hydrogen-bond donors (Lipinski definition) is 1. The Balaban J connectivity index is 3.31. The van der Waals surface area contributed by atoms with E-state index in [0.717, 1.165) is 11.1 Å². The second-order valence-corrected chi connectivity index (χ2v) is 2.81. The first-order valence-corrected chi connectivity index (χ1v) is 3.62. The molecule has 0 spiro atoms. The lowest BCUT2D eigenvalue weighted by atomic mass is 9.87. The van der Waals surface area contributed by atoms with Gasteiger partial charge in [-0.1, -0.05) is 17.1 Å². The Labute approximate surface area is 72.6 Å². The minimum Gasteiger partial charge on any atom is -0.478 e. The predicted octanol–water partition coefficient (Wildman–Crippen LogP) is 0.795. The van der Waals surface area contributed by atoms with Crippen molar-refractivity contribution in [1.82, 2.24) is 0 Å². The molecule has 0 aliphatic rings. The van der Waals surface area contributed by atoms with Gasteiger partial charge in [0.1, 0.15) is 7.85 Å². The van der Waals surface area contributed by atoms with Crippen LogP contribution in [0.15, 0.2) is 12.1 Å². The minimum atomic E-state index is -0.940. The highest BCUT2D eigenvalue weighted by Gasteiger charge is 2.05. The highest BCUT2D eigenvalue weighted by atomic mass is 16.4. The quantitative estimate of drug-likeness (QED) is 0.616. The standard InChI is InChI=1S/C9H9BO2/c1-5-3-7(9(11)12)4-8(10)6(5)2/h3-4H,1-2H3,(H,11,12). The van der Waals surface area contributed by atoms with Crippen LogP contribution >= 0.6 is 0 Å². The zero-order chi connectivity index (χ0) is 9.30. The molecule has 0 aliphatic heterocycles. The number of hydrogen-bond acceptors (Lipinski definition) is 1. The van der Waals surface area contributed by atoms with E-state index in [0.29, 0.717) is 5.46 Å². The average Bonchev–Trinajstić information content (AvgIpc) is 1.99. The molecule has 60 valence electrons. The fraction of sp³-hybridized carbons (Fsp3) is 0.222. The fourth-order valence-electron chi connectivity index (χ4n) is 1.01. The van der Waals surface area contributed by atoms with Gasteiger partial charge in [0, 0.05) is 0 Å². The molecule has 0 fully saturated rings. The summed E-state index contributed by atoms with van der Waals surface area (Å²) in [5.41, 5.74) is 2.63. The van der Waals surface area contributed by atoms with Gasteiger partial charge in [-0.2, -0.15) is 0 Å². The molecule has 0 amide bonds. The lowest BCUT2D eigenvalue weighted by Crippen LogP contribution is -2.12. The lowest BCUT2D eigenvalue weighted by Gasteiger charge is -2.05. The van der Waals surface area contributed by atoms with Crippen LogP contribution in [0.1, 0.15) is 21.5 Å². The van der Waals surface area contributed by atoms with Crippen LogP contribution < -0.4 is 5.46 Å². The van der Waals surface area contributed by atoms with Gasteiger partial charge in [-0.25, -0.2) is 4.79 Å². The van der Waals surface area contributed by atoms with Crippen molar-refractivity contribution in [2.24, 2.45) is 0 Å². The number of aryl methyl sites for hydroxylation is 1. The van der Waals surface area contributed by atoms with Gasteiger partial charge in [0.15, 0.2) is 0 Å². The molecule has 1 rings (SSSR count). The molecule has 0 saturated carbocycles. The third kappa shape index (κ3) is 1.50. The topological polar surface area (TPSA) is 37.3 Å². The molecule has 0 saturated heterocycles. The van der Waals surface area contributed by atoms with Crippen molar-refractivity contribution in [2.45, 2.75) is 13.8 Å². The molecule has 2 radical (unpaired) electrons. The van der Waals surface area contributed by atoms with Crippen molar-refractivity contribution in [2.75, 3.05) is 0 Å². The first-order chi connectivity index (χ1) is 5.52. The Bertz CT molecular complexity index is 308. The zero-order valence-electron chi connectivity index (χ0n) is 7.09. The first kappa shape index (κ1) is 8.85. The number of rotatable bonds is 1. The highest BCUT2D eigenvalue weighted by molar-refractivity contribution is 6.33. The van der Waals surface area contributed by atoms with Crippen LogP contribution in [0.25, 0.3) is 0 Å². The molecule has 1 aromatic carbocycles. The molecule has 0 heterocycles. The number of aromatic carboxylic acids is 1. The maximum Gasteiger partial charge on any atom is 0.335 e. The summed E-state index contributed by atoms with van der Waals surface area (Å²) >= 11 is 0. The van der Waals surface area contributed by atoms with Gasteiger partial charge in [-0.3, -0.25) is 0 Å². The molecule has 2 nitrogen and oxygen atoms in total. The number of carboxylic acids is 1. The summed E-state index contributed by atoms with van der Waals surface area (Å²) in [6.07, 6.45) is 0. The Kier molecular flexibility index (Phi) is 2.22. The summed E-state index contributed by atoms with van der Waals surface area (Å²) in [6, 6.07) is 3.10. The SMILES string of the molecule is [B]c1cc(C(=O)O)cc(C)c1C. The third-order valence-corrected chi connectivity index (χ3v) is 1.95. The molecule has 0 aromatic heterocycles. The van der Waals surface area contributed by atoms with Crippen LogP contribution in [0.5, 0.6) is 0 Å². The van der Waals surface area contributed by atoms with E-state index in [2.05, 4.69) is 0 Å². The van der Waals surface area contributed by atoms with Gasteiger partial charge < -0.3 is 5.11 Å². The largest absolute Gasteiger partial charge is 0.478 e. The third-order valence-electron chi connectivity index (χ3n) is 1.95. The Morgan fingerprint density at radius 3 is 2.42 bits per heavy atom. The molecule has 0 bridgehead atoms. The van der Waals surface area contributed by atoms with E-state index in [1.165, 1.54) is 6.07 Å². The van der Waals surface area contributed by atoms with E-state index in [1.54, 1.807) is 6.07 Å². The van der Waals surface area contributed by atoms with E-state index in [4.69, 9.17) is 13.0 Å². The zero-order valence-corrected chi connectivity index (χ0v) is 7.09. The second kappa shape index (κ2) is 3.01. The summed E-state index contributed by atoms with van der Waals surface area (Å²) in [7, 11) is 5.60. The molecule has 0 unspecified atom stereocenters. The second-order valence-electron chi connectivity index (χ2n) is 2.81. The van der Waals surface area contributed by atoms with Crippen molar-refractivity contribution in [3.63, 3.8) is 0 Å². The number of carboxylic acid groups (broad SMARTS) is 1. The van der Waals surface area contributed by atoms with Crippen LogP contribution in [0.2, 0.25) is 0 Å². The summed E-state index contributed by atoms with van der Waals surface area (Å²) in [6.45, 7) is 3.72. The van der Waals surface area contributed by atoms with Crippen molar-refractivity contribution in [1.29, 1.82) is 0 Å². The maximum atomic E-state index is 10.6. The fourth-order valence-corrected chi connectivity index (χ4v) is 1.01. The lowest BCUT2D eigenvalue weighted by molar-refractivity contribution is 0.0697. The monoisotopic (exact) mass is 160 g/mol. The summed E-state index contributed by atoms with van der Waals surface area (Å²) in [5, 5.41) is 8.67. The van der Waals surface area contributed by atoms with Crippen LogP contribution in [0.4, 0.5) is 0 Å². The molecule has 0 aliphatic carbocycles. The molecular weight excluding hydrogens is 151 g/mol. The highest BCUT2D eigenvalue weighted by Crippen LogP contribution is 2.06. The smallest absolute Gasteiger partial charge is 0.335 e. The van der Waals surface area contributed by atoms with Crippen molar-refractivity contribution in [3.05, 3.63) is 28.8 Å². The van der Waals surface area contributed by atoms with Crippen LogP contribution in [-0.2, 0) is 0 Å². The molecule has 0 atom stereocenters. The van der Waals surface area contributed by atoms with E-state index < -0.39 is 5.97 Å². The van der Waals surface area contributed by atoms with Crippen LogP contribution in [-0.4, -0.2) is 18.9 Å². The Morgan fingerprint density at radius 2 is 2.00 bits per heavy atom. The number of benzene rings is 1. The van der Waals surface area contributed by atoms with E-state index >= 15 is 0 Å². The summed E-state index contributed by atoms with van der Waals surface area (Å²) in [4.78, 5) is 10.6. The van der Waals surface area contributed by atoms with Crippen molar-refractivity contribution >= 4 is 19.3 Å². The van der Waals surface area contributed by atoms with Gasteiger partial charge in [-0.15, -0.1) is 0 Å². The van der Waals surface area contributed by atoms with E-state index in [-0.39, 0.29) is 5.56 Å². The van der Waals surface area contributed by atoms with Gasteiger partial charge in [0.2, 0.25) is 0 Å². The van der Waals surface area contributed by atoms with E-state index in [1.807, 2.05) is 13.8 Å². The predicted molar refractivity (Wildman–Crippen MR) is 48.3 cm³/mol. The normalized spacial score (nSPS) is 9.83. The van der Waals surface area contributed by atoms with Gasteiger partial charge in [0.05, 0.1) is 5.56 Å². The molecule has 3 heteroatoms. The van der Waals surface area contributed by atoms with Gasteiger partial charge >= 0.3 is 5.97 Å². The summed E-state index contributed by atoms with van der Waals surface area (Å²) < 4.78 is 0. The minimum absolute atomic E-state index is 0.246. The Morgan fingerprint density at radius 1 is 1.42 bits per heavy atom. The molecule has 12 heavy (non-hydrogen) atoms. The number of carbonyl (C=O) groups is 1. The van der Waals surface area contributed by atoms with Crippen molar-refractivity contribution in [3.8, 4) is 0 Å². The van der Waals surface area contributed by atoms with Crippen LogP contribution in [0.3, 0.4) is 0 Å². The molecule has 1 aromatic rings. The maximum absolute atomic E-state index is 10.6. The first-order valence-electron chi connectivity index (χ1n) is 3.62. The van der Waals surface area contributed by atoms with Crippen molar-refractivity contribution < 1.29 is 9.90 Å². The molecular formula is C9H9BO2. The van der Waals surface area contributed by atoms with Crippen LogP contribution in [0, 0.1) is 13.8 Å².